The topological polar surface area (TPSA) is 81.2 Å². The Morgan fingerprint density at radius 2 is 1.96 bits per heavy atom. The smallest absolute Gasteiger partial charge is 0.230 e. The fourth-order valence-corrected chi connectivity index (χ4v) is 2.89. The van der Waals surface area contributed by atoms with Crippen LogP contribution in [-0.2, 0) is 11.2 Å². The van der Waals surface area contributed by atoms with Crippen LogP contribution in [0.4, 0.5) is 11.5 Å². The van der Waals surface area contributed by atoms with Crippen LogP contribution >= 0.6 is 0 Å². The summed E-state index contributed by atoms with van der Waals surface area (Å²) >= 11 is 0. The molecule has 0 spiro atoms. The molecule has 130 valence electrons. The summed E-state index contributed by atoms with van der Waals surface area (Å²) in [6.07, 6.45) is 0.0940. The highest BCUT2D eigenvalue weighted by molar-refractivity contribution is 6.01. The first-order valence-electron chi connectivity index (χ1n) is 8.42. The molecular formula is C19H22N4O2. The number of H-pyrrole nitrogens is 1. The lowest BCUT2D eigenvalue weighted by Crippen LogP contribution is -2.21. The summed E-state index contributed by atoms with van der Waals surface area (Å²) in [6, 6.07) is 12.9. The second kappa shape index (κ2) is 7.25. The first-order valence-corrected chi connectivity index (χ1v) is 8.42. The van der Waals surface area contributed by atoms with Crippen molar-refractivity contribution >= 4 is 28.3 Å². The number of para-hydroxylation sites is 1. The van der Waals surface area contributed by atoms with Gasteiger partial charge in [-0.25, -0.2) is 0 Å². The average molecular weight is 338 g/mol. The standard InChI is InChI=1S/C19H22N4O2/c1-3-23(4-2)14-9-10-16-15(12-14)19(22-21-16)20-18(25)11-13-7-5-6-8-17(13)24/h5-10,12,24H,3-4,11H2,1-2H3,(H2,20,21,22,25). The molecule has 3 N–H and O–H groups in total. The second-order valence-electron chi connectivity index (χ2n) is 5.83. The molecule has 25 heavy (non-hydrogen) atoms. The van der Waals surface area contributed by atoms with E-state index in [2.05, 4.69) is 34.3 Å². The molecule has 0 aliphatic rings. The molecule has 0 unspecified atom stereocenters. The number of aromatic amines is 1. The van der Waals surface area contributed by atoms with Crippen molar-refractivity contribution in [1.82, 2.24) is 10.2 Å². The van der Waals surface area contributed by atoms with Crippen LogP contribution in [0.25, 0.3) is 10.9 Å². The third-order valence-electron chi connectivity index (χ3n) is 4.28. The van der Waals surface area contributed by atoms with E-state index in [4.69, 9.17) is 0 Å². The minimum absolute atomic E-state index is 0.0940. The zero-order valence-corrected chi connectivity index (χ0v) is 14.4. The number of carbonyl (C=O) groups excluding carboxylic acids is 1. The van der Waals surface area contributed by atoms with Gasteiger partial charge >= 0.3 is 0 Å². The SMILES string of the molecule is CCN(CC)c1ccc2[nH]nc(NC(=O)Cc3ccccc3O)c2c1. The highest BCUT2D eigenvalue weighted by Gasteiger charge is 2.13. The lowest BCUT2D eigenvalue weighted by Gasteiger charge is -2.20. The van der Waals surface area contributed by atoms with E-state index >= 15 is 0 Å². The van der Waals surface area contributed by atoms with E-state index in [9.17, 15) is 9.90 Å². The number of fused-ring (bicyclic) bond motifs is 1. The number of rotatable bonds is 6. The van der Waals surface area contributed by atoms with E-state index in [0.717, 1.165) is 29.7 Å². The highest BCUT2D eigenvalue weighted by atomic mass is 16.3. The maximum absolute atomic E-state index is 12.3. The molecule has 0 radical (unpaired) electrons. The van der Waals surface area contributed by atoms with Crippen molar-refractivity contribution in [1.29, 1.82) is 0 Å². The largest absolute Gasteiger partial charge is 0.508 e. The van der Waals surface area contributed by atoms with E-state index in [-0.39, 0.29) is 18.1 Å². The molecule has 3 aromatic rings. The fourth-order valence-electron chi connectivity index (χ4n) is 2.89. The number of aromatic nitrogens is 2. The molecule has 0 bridgehead atoms. The van der Waals surface area contributed by atoms with E-state index in [1.54, 1.807) is 24.3 Å². The van der Waals surface area contributed by atoms with Gasteiger partial charge < -0.3 is 15.3 Å². The molecular weight excluding hydrogens is 316 g/mol. The minimum Gasteiger partial charge on any atom is -0.508 e. The Kier molecular flexibility index (Phi) is 4.88. The Labute approximate surface area is 146 Å². The van der Waals surface area contributed by atoms with Gasteiger partial charge in [-0.05, 0) is 38.1 Å². The number of carbonyl (C=O) groups is 1. The number of nitrogens with zero attached hydrogens (tertiary/aromatic N) is 2. The van der Waals surface area contributed by atoms with Gasteiger partial charge in [0, 0.05) is 29.7 Å². The third kappa shape index (κ3) is 3.57. The van der Waals surface area contributed by atoms with Gasteiger partial charge in [-0.2, -0.15) is 5.10 Å². The van der Waals surface area contributed by atoms with Crippen LogP contribution in [0.15, 0.2) is 42.5 Å². The number of hydrogen-bond acceptors (Lipinski definition) is 4. The first-order chi connectivity index (χ1) is 12.1. The number of amides is 1. The Hall–Kier alpha value is -3.02. The Bertz CT molecular complexity index is 884. The van der Waals surface area contributed by atoms with Crippen molar-refractivity contribution in [2.45, 2.75) is 20.3 Å². The normalized spacial score (nSPS) is 10.8. The van der Waals surface area contributed by atoms with Crippen LogP contribution in [-0.4, -0.2) is 34.3 Å². The molecule has 1 aromatic heterocycles. The number of nitrogens with one attached hydrogen (secondary N) is 2. The van der Waals surface area contributed by atoms with Gasteiger partial charge in [0.25, 0.3) is 0 Å². The molecule has 6 nitrogen and oxygen atoms in total. The fraction of sp³-hybridized carbons (Fsp3) is 0.263. The lowest BCUT2D eigenvalue weighted by molar-refractivity contribution is -0.115. The van der Waals surface area contributed by atoms with Gasteiger partial charge in [0.2, 0.25) is 5.91 Å². The quantitative estimate of drug-likeness (QED) is 0.644. The maximum Gasteiger partial charge on any atom is 0.230 e. The van der Waals surface area contributed by atoms with Crippen molar-refractivity contribution in [2.75, 3.05) is 23.3 Å². The monoisotopic (exact) mass is 338 g/mol. The maximum atomic E-state index is 12.3. The van der Waals surface area contributed by atoms with Crippen molar-refractivity contribution in [3.63, 3.8) is 0 Å². The summed E-state index contributed by atoms with van der Waals surface area (Å²) in [4.78, 5) is 14.6. The molecule has 1 heterocycles. The highest BCUT2D eigenvalue weighted by Crippen LogP contribution is 2.26. The van der Waals surface area contributed by atoms with Crippen LogP contribution < -0.4 is 10.2 Å². The predicted octanol–water partition coefficient (Wildman–Crippen LogP) is 3.30. The van der Waals surface area contributed by atoms with Crippen LogP contribution in [0.2, 0.25) is 0 Å². The summed E-state index contributed by atoms with van der Waals surface area (Å²) in [5.74, 6) is 0.404. The molecule has 0 saturated carbocycles. The van der Waals surface area contributed by atoms with E-state index in [1.165, 1.54) is 0 Å². The van der Waals surface area contributed by atoms with E-state index < -0.39 is 0 Å². The molecule has 3 rings (SSSR count). The zero-order chi connectivity index (χ0) is 17.8. The summed E-state index contributed by atoms with van der Waals surface area (Å²) in [5.41, 5.74) is 2.55. The molecule has 0 fully saturated rings. The number of anilines is 2. The predicted molar refractivity (Wildman–Crippen MR) is 100 cm³/mol. The van der Waals surface area contributed by atoms with Crippen molar-refractivity contribution in [3.05, 3.63) is 48.0 Å². The van der Waals surface area contributed by atoms with E-state index in [1.807, 2.05) is 18.2 Å². The molecule has 0 aliphatic heterocycles. The van der Waals surface area contributed by atoms with Gasteiger partial charge in [0.05, 0.1) is 11.9 Å². The summed E-state index contributed by atoms with van der Waals surface area (Å²) in [6.45, 7) is 6.04. The number of phenolic OH excluding ortho intramolecular Hbond substituents is 1. The Morgan fingerprint density at radius 3 is 2.68 bits per heavy atom. The number of benzene rings is 2. The van der Waals surface area contributed by atoms with Gasteiger partial charge in [-0.3, -0.25) is 9.89 Å². The second-order valence-corrected chi connectivity index (χ2v) is 5.83. The first kappa shape index (κ1) is 16.8. The summed E-state index contributed by atoms with van der Waals surface area (Å²) in [7, 11) is 0. The van der Waals surface area contributed by atoms with Crippen molar-refractivity contribution < 1.29 is 9.90 Å². The summed E-state index contributed by atoms with van der Waals surface area (Å²) in [5, 5.41) is 20.7. The van der Waals surface area contributed by atoms with Gasteiger partial charge in [-0.1, -0.05) is 18.2 Å². The van der Waals surface area contributed by atoms with E-state index in [0.29, 0.717) is 11.4 Å². The zero-order valence-electron chi connectivity index (χ0n) is 14.4. The number of phenols is 1. The number of aromatic hydroxyl groups is 1. The molecule has 0 aliphatic carbocycles. The Morgan fingerprint density at radius 1 is 1.20 bits per heavy atom. The van der Waals surface area contributed by atoms with Crippen molar-refractivity contribution in [3.8, 4) is 5.75 Å². The molecule has 2 aromatic carbocycles. The van der Waals surface area contributed by atoms with Gasteiger partial charge in [-0.15, -0.1) is 0 Å². The van der Waals surface area contributed by atoms with Crippen LogP contribution in [0.3, 0.4) is 0 Å². The lowest BCUT2D eigenvalue weighted by atomic mass is 10.1. The van der Waals surface area contributed by atoms with Crippen LogP contribution in [0.5, 0.6) is 5.75 Å². The molecule has 1 amide bonds. The number of hydrogen-bond donors (Lipinski definition) is 3. The molecule has 0 atom stereocenters. The van der Waals surface area contributed by atoms with Crippen LogP contribution in [0.1, 0.15) is 19.4 Å². The third-order valence-corrected chi connectivity index (χ3v) is 4.28. The molecule has 0 saturated heterocycles. The van der Waals surface area contributed by atoms with Crippen LogP contribution in [0, 0.1) is 0 Å². The average Bonchev–Trinajstić information content (AvgIpc) is 3.00. The summed E-state index contributed by atoms with van der Waals surface area (Å²) < 4.78 is 0. The van der Waals surface area contributed by atoms with Gasteiger partial charge in [0.1, 0.15) is 5.75 Å². The molecule has 6 heteroatoms. The van der Waals surface area contributed by atoms with Crippen molar-refractivity contribution in [2.24, 2.45) is 0 Å². The Balaban J connectivity index is 1.82. The van der Waals surface area contributed by atoms with Gasteiger partial charge in [0.15, 0.2) is 5.82 Å². The minimum atomic E-state index is -0.219.